The van der Waals surface area contributed by atoms with Crippen molar-refractivity contribution >= 4 is 11.9 Å². The highest BCUT2D eigenvalue weighted by Crippen LogP contribution is 2.20. The van der Waals surface area contributed by atoms with Gasteiger partial charge in [0.1, 0.15) is 6.04 Å². The van der Waals surface area contributed by atoms with Crippen molar-refractivity contribution in [2.24, 2.45) is 0 Å². The minimum Gasteiger partial charge on any atom is -0.480 e. The number of nitrogens with zero attached hydrogens (tertiary/aromatic N) is 2. The Kier molecular flexibility index (Phi) is 4.55. The fourth-order valence-corrected chi connectivity index (χ4v) is 2.34. The fraction of sp³-hybridized carbons (Fsp3) is 0.500. The van der Waals surface area contributed by atoms with Gasteiger partial charge in [-0.2, -0.15) is 0 Å². The lowest BCUT2D eigenvalue weighted by atomic mass is 10.0. The summed E-state index contributed by atoms with van der Waals surface area (Å²) in [6.45, 7) is 2.84. The molecule has 1 amide bonds. The van der Waals surface area contributed by atoms with E-state index >= 15 is 0 Å². The monoisotopic (exact) mass is 278 g/mol. The Labute approximate surface area is 117 Å². The zero-order chi connectivity index (χ0) is 14.5. The topological polar surface area (TPSA) is 79.7 Å². The molecular formula is C14H18N2O4. The largest absolute Gasteiger partial charge is 0.480 e. The number of ether oxygens (including phenoxy) is 1. The summed E-state index contributed by atoms with van der Waals surface area (Å²) in [7, 11) is 0. The fourth-order valence-electron chi connectivity index (χ4n) is 2.34. The molecule has 0 bridgehead atoms. The van der Waals surface area contributed by atoms with Crippen molar-refractivity contribution in [1.82, 2.24) is 9.88 Å². The SMILES string of the molecule is CCOc1ccc(C(=O)N2CCCCC2C(=O)O)cn1. The number of piperidine rings is 1. The standard InChI is InChI=1S/C14H18N2O4/c1-2-20-12-7-6-10(9-15-12)13(17)16-8-4-3-5-11(16)14(18)19/h6-7,9,11H,2-5,8H2,1H3,(H,18,19). The Morgan fingerprint density at radius 2 is 2.25 bits per heavy atom. The van der Waals surface area contributed by atoms with Gasteiger partial charge in [0.25, 0.3) is 5.91 Å². The Morgan fingerprint density at radius 3 is 2.85 bits per heavy atom. The molecule has 1 unspecified atom stereocenters. The summed E-state index contributed by atoms with van der Waals surface area (Å²) in [4.78, 5) is 29.0. The van der Waals surface area contributed by atoms with Crippen LogP contribution in [-0.4, -0.2) is 46.1 Å². The van der Waals surface area contributed by atoms with Gasteiger partial charge < -0.3 is 14.7 Å². The van der Waals surface area contributed by atoms with Crippen LogP contribution >= 0.6 is 0 Å². The molecule has 1 fully saturated rings. The van der Waals surface area contributed by atoms with Crippen LogP contribution in [0.25, 0.3) is 0 Å². The van der Waals surface area contributed by atoms with Crippen LogP contribution in [-0.2, 0) is 4.79 Å². The van der Waals surface area contributed by atoms with Crippen molar-refractivity contribution in [3.05, 3.63) is 23.9 Å². The van der Waals surface area contributed by atoms with E-state index in [0.717, 1.165) is 12.8 Å². The molecule has 6 heteroatoms. The molecule has 0 radical (unpaired) electrons. The predicted molar refractivity (Wildman–Crippen MR) is 71.7 cm³/mol. The lowest BCUT2D eigenvalue weighted by molar-refractivity contribution is -0.143. The number of pyridine rings is 1. The van der Waals surface area contributed by atoms with E-state index in [1.54, 1.807) is 12.1 Å². The molecule has 0 aromatic carbocycles. The van der Waals surface area contributed by atoms with Crippen molar-refractivity contribution in [1.29, 1.82) is 0 Å². The summed E-state index contributed by atoms with van der Waals surface area (Å²) in [5.41, 5.74) is 0.390. The Balaban J connectivity index is 2.14. The first-order valence-corrected chi connectivity index (χ1v) is 6.76. The maximum Gasteiger partial charge on any atom is 0.326 e. The molecule has 1 aliphatic heterocycles. The highest BCUT2D eigenvalue weighted by atomic mass is 16.5. The number of carbonyl (C=O) groups excluding carboxylic acids is 1. The van der Waals surface area contributed by atoms with Crippen LogP contribution in [0.2, 0.25) is 0 Å². The second-order valence-electron chi connectivity index (χ2n) is 4.67. The molecule has 1 aromatic rings. The highest BCUT2D eigenvalue weighted by molar-refractivity contribution is 5.96. The zero-order valence-electron chi connectivity index (χ0n) is 11.4. The molecule has 0 spiro atoms. The maximum atomic E-state index is 12.4. The van der Waals surface area contributed by atoms with Crippen LogP contribution in [0.15, 0.2) is 18.3 Å². The molecule has 1 aliphatic rings. The van der Waals surface area contributed by atoms with Gasteiger partial charge in [0.05, 0.1) is 12.2 Å². The third kappa shape index (κ3) is 3.07. The summed E-state index contributed by atoms with van der Waals surface area (Å²) < 4.78 is 5.22. The second-order valence-corrected chi connectivity index (χ2v) is 4.67. The molecule has 20 heavy (non-hydrogen) atoms. The van der Waals surface area contributed by atoms with E-state index < -0.39 is 12.0 Å². The average molecular weight is 278 g/mol. The molecular weight excluding hydrogens is 260 g/mol. The summed E-state index contributed by atoms with van der Waals surface area (Å²) >= 11 is 0. The number of rotatable bonds is 4. The highest BCUT2D eigenvalue weighted by Gasteiger charge is 2.32. The van der Waals surface area contributed by atoms with Crippen LogP contribution < -0.4 is 4.74 Å². The first-order chi connectivity index (χ1) is 9.63. The minimum absolute atomic E-state index is 0.285. The number of aliphatic carboxylic acids is 1. The third-order valence-electron chi connectivity index (χ3n) is 3.32. The van der Waals surface area contributed by atoms with Crippen molar-refractivity contribution in [3.63, 3.8) is 0 Å². The molecule has 1 N–H and O–H groups in total. The zero-order valence-corrected chi connectivity index (χ0v) is 11.4. The number of amides is 1. The summed E-state index contributed by atoms with van der Waals surface area (Å²) in [6.07, 6.45) is 3.61. The van der Waals surface area contributed by atoms with Gasteiger partial charge in [-0.05, 0) is 32.3 Å². The van der Waals surface area contributed by atoms with Crippen LogP contribution in [0.1, 0.15) is 36.5 Å². The Morgan fingerprint density at radius 1 is 1.45 bits per heavy atom. The summed E-state index contributed by atoms with van der Waals surface area (Å²) in [6, 6.07) is 2.51. The molecule has 1 atom stereocenters. The van der Waals surface area contributed by atoms with Crippen LogP contribution in [0, 0.1) is 0 Å². The third-order valence-corrected chi connectivity index (χ3v) is 3.32. The van der Waals surface area contributed by atoms with Gasteiger partial charge in [0.2, 0.25) is 5.88 Å². The molecule has 2 rings (SSSR count). The quantitative estimate of drug-likeness (QED) is 0.904. The normalized spacial score (nSPS) is 18.6. The maximum absolute atomic E-state index is 12.4. The van der Waals surface area contributed by atoms with E-state index in [9.17, 15) is 14.7 Å². The first kappa shape index (κ1) is 14.3. The van der Waals surface area contributed by atoms with Gasteiger partial charge in [-0.1, -0.05) is 0 Å². The number of carbonyl (C=O) groups is 2. The van der Waals surface area contributed by atoms with Gasteiger partial charge in [-0.15, -0.1) is 0 Å². The molecule has 6 nitrogen and oxygen atoms in total. The van der Waals surface area contributed by atoms with E-state index in [-0.39, 0.29) is 5.91 Å². The number of carboxylic acid groups (broad SMARTS) is 1. The van der Waals surface area contributed by atoms with Gasteiger partial charge >= 0.3 is 5.97 Å². The molecule has 108 valence electrons. The number of likely N-dealkylation sites (tertiary alicyclic amines) is 1. The number of carboxylic acids is 1. The van der Waals surface area contributed by atoms with Crippen molar-refractivity contribution in [2.45, 2.75) is 32.2 Å². The lowest BCUT2D eigenvalue weighted by Gasteiger charge is -2.32. The summed E-state index contributed by atoms with van der Waals surface area (Å²) in [5.74, 6) is -0.776. The van der Waals surface area contributed by atoms with E-state index in [0.29, 0.717) is 31.0 Å². The minimum atomic E-state index is -0.947. The molecule has 0 saturated carbocycles. The predicted octanol–water partition coefficient (Wildman–Crippen LogP) is 1.56. The van der Waals surface area contributed by atoms with Crippen molar-refractivity contribution < 1.29 is 19.4 Å². The lowest BCUT2D eigenvalue weighted by Crippen LogP contribution is -2.48. The van der Waals surface area contributed by atoms with Crippen molar-refractivity contribution in [2.75, 3.05) is 13.2 Å². The first-order valence-electron chi connectivity index (χ1n) is 6.76. The Hall–Kier alpha value is -2.11. The van der Waals surface area contributed by atoms with E-state index in [4.69, 9.17) is 4.74 Å². The molecule has 1 saturated heterocycles. The smallest absolute Gasteiger partial charge is 0.326 e. The van der Waals surface area contributed by atoms with Crippen LogP contribution in [0.5, 0.6) is 5.88 Å². The van der Waals surface area contributed by atoms with Gasteiger partial charge in [0.15, 0.2) is 0 Å². The molecule has 2 heterocycles. The van der Waals surface area contributed by atoms with Gasteiger partial charge in [-0.25, -0.2) is 9.78 Å². The van der Waals surface area contributed by atoms with Crippen LogP contribution in [0.4, 0.5) is 0 Å². The summed E-state index contributed by atoms with van der Waals surface area (Å²) in [5, 5.41) is 9.19. The second kappa shape index (κ2) is 6.36. The van der Waals surface area contributed by atoms with Crippen molar-refractivity contribution in [3.8, 4) is 5.88 Å². The number of hydrogen-bond acceptors (Lipinski definition) is 4. The number of aromatic nitrogens is 1. The molecule has 0 aliphatic carbocycles. The molecule has 1 aromatic heterocycles. The Bertz CT molecular complexity index is 486. The van der Waals surface area contributed by atoms with E-state index in [1.165, 1.54) is 11.1 Å². The van der Waals surface area contributed by atoms with E-state index in [2.05, 4.69) is 4.98 Å². The van der Waals surface area contributed by atoms with Crippen LogP contribution in [0.3, 0.4) is 0 Å². The average Bonchev–Trinajstić information content (AvgIpc) is 2.47. The van der Waals surface area contributed by atoms with Gasteiger partial charge in [0, 0.05) is 18.8 Å². The number of hydrogen-bond donors (Lipinski definition) is 1. The van der Waals surface area contributed by atoms with Gasteiger partial charge in [-0.3, -0.25) is 4.79 Å². The van der Waals surface area contributed by atoms with E-state index in [1.807, 2.05) is 6.92 Å².